The van der Waals surface area contributed by atoms with Crippen molar-refractivity contribution in [3.05, 3.63) is 65.0 Å². The number of carbonyl (C=O) groups excluding carboxylic acids is 1. The third-order valence-electron chi connectivity index (χ3n) is 4.03. The van der Waals surface area contributed by atoms with Crippen molar-refractivity contribution in [1.82, 2.24) is 9.71 Å². The number of anilines is 1. The summed E-state index contributed by atoms with van der Waals surface area (Å²) in [5.41, 5.74) is 0.798. The third kappa shape index (κ3) is 4.56. The zero-order valence-electron chi connectivity index (χ0n) is 15.1. The number of H-pyrrole nitrogens is 1. The van der Waals surface area contributed by atoms with E-state index in [4.69, 9.17) is 4.74 Å². The number of nitrogens with one attached hydrogen (secondary N) is 3. The van der Waals surface area contributed by atoms with Crippen LogP contribution in [-0.2, 0) is 14.8 Å². The summed E-state index contributed by atoms with van der Waals surface area (Å²) in [5.74, 6) is 0.175. The first-order valence-electron chi connectivity index (χ1n) is 8.45. The Morgan fingerprint density at radius 3 is 2.68 bits per heavy atom. The van der Waals surface area contributed by atoms with E-state index in [0.29, 0.717) is 22.3 Å². The maximum absolute atomic E-state index is 12.4. The van der Waals surface area contributed by atoms with Gasteiger partial charge in [-0.15, -0.1) is 0 Å². The van der Waals surface area contributed by atoms with Crippen LogP contribution in [0.5, 0.6) is 5.75 Å². The zero-order valence-corrected chi connectivity index (χ0v) is 15.9. The highest BCUT2D eigenvalue weighted by Crippen LogP contribution is 2.23. The number of amides is 1. The van der Waals surface area contributed by atoms with Crippen LogP contribution in [0.25, 0.3) is 10.9 Å². The van der Waals surface area contributed by atoms with E-state index in [9.17, 15) is 18.0 Å². The van der Waals surface area contributed by atoms with Gasteiger partial charge in [-0.3, -0.25) is 9.59 Å². The van der Waals surface area contributed by atoms with Crippen LogP contribution in [0.3, 0.4) is 0 Å². The highest BCUT2D eigenvalue weighted by Gasteiger charge is 2.15. The van der Waals surface area contributed by atoms with Gasteiger partial charge >= 0.3 is 0 Å². The summed E-state index contributed by atoms with van der Waals surface area (Å²) in [4.78, 5) is 26.1. The zero-order chi connectivity index (χ0) is 20.1. The number of rotatable bonds is 7. The molecule has 3 rings (SSSR count). The molecule has 0 aliphatic rings. The second-order valence-electron chi connectivity index (χ2n) is 5.97. The second kappa shape index (κ2) is 8.24. The molecule has 2 aromatic carbocycles. The Hall–Kier alpha value is -3.17. The summed E-state index contributed by atoms with van der Waals surface area (Å²) in [7, 11) is -2.29. The van der Waals surface area contributed by atoms with Crippen molar-refractivity contribution in [2.75, 3.05) is 19.0 Å². The van der Waals surface area contributed by atoms with E-state index >= 15 is 0 Å². The van der Waals surface area contributed by atoms with Crippen molar-refractivity contribution in [2.24, 2.45) is 0 Å². The number of benzene rings is 2. The molecular weight excluding hydrogens is 382 g/mol. The molecule has 0 unspecified atom stereocenters. The molecule has 0 fully saturated rings. The Labute approximate surface area is 161 Å². The lowest BCUT2D eigenvalue weighted by atomic mass is 10.2. The van der Waals surface area contributed by atoms with Gasteiger partial charge in [-0.1, -0.05) is 12.1 Å². The Bertz CT molecular complexity index is 1170. The minimum absolute atomic E-state index is 0.0435. The average Bonchev–Trinajstić information content (AvgIpc) is 2.67. The molecular formula is C19H19N3O5S. The highest BCUT2D eigenvalue weighted by molar-refractivity contribution is 7.89. The van der Waals surface area contributed by atoms with Crippen molar-refractivity contribution in [2.45, 2.75) is 11.3 Å². The van der Waals surface area contributed by atoms with Crippen LogP contribution >= 0.6 is 0 Å². The summed E-state index contributed by atoms with van der Waals surface area (Å²) in [6.07, 6.45) is -0.0435. The van der Waals surface area contributed by atoms with Crippen LogP contribution in [0, 0.1) is 0 Å². The van der Waals surface area contributed by atoms with Gasteiger partial charge in [-0.2, -0.15) is 0 Å². The van der Waals surface area contributed by atoms with E-state index in [2.05, 4.69) is 15.0 Å². The molecule has 0 radical (unpaired) electrons. The van der Waals surface area contributed by atoms with Crippen molar-refractivity contribution < 1.29 is 17.9 Å². The molecule has 3 aromatic rings. The number of aromatic amines is 1. The maximum atomic E-state index is 12.4. The van der Waals surface area contributed by atoms with Crippen LogP contribution in [0.1, 0.15) is 6.42 Å². The largest absolute Gasteiger partial charge is 0.495 e. The normalized spacial score (nSPS) is 11.3. The van der Waals surface area contributed by atoms with Crippen molar-refractivity contribution in [3.63, 3.8) is 0 Å². The number of ether oxygens (including phenoxy) is 1. The van der Waals surface area contributed by atoms with E-state index in [-0.39, 0.29) is 29.3 Å². The van der Waals surface area contributed by atoms with Crippen LogP contribution in [0.15, 0.2) is 64.3 Å². The minimum atomic E-state index is -3.79. The molecule has 1 aromatic heterocycles. The maximum Gasteiger partial charge on any atom is 0.248 e. The summed E-state index contributed by atoms with van der Waals surface area (Å²) >= 11 is 0. The molecule has 0 saturated carbocycles. The molecule has 0 aliphatic carbocycles. The first-order chi connectivity index (χ1) is 13.4. The number of methoxy groups -OCH3 is 1. The molecule has 1 heterocycles. The van der Waals surface area contributed by atoms with Gasteiger partial charge in [0.1, 0.15) is 5.75 Å². The molecule has 146 valence electrons. The number of carbonyl (C=O) groups is 1. The van der Waals surface area contributed by atoms with E-state index in [1.807, 2.05) is 0 Å². The predicted molar refractivity (Wildman–Crippen MR) is 106 cm³/mol. The molecule has 0 aliphatic heterocycles. The number of pyridine rings is 1. The Kier molecular flexibility index (Phi) is 5.76. The summed E-state index contributed by atoms with van der Waals surface area (Å²) in [6, 6.07) is 14.2. The molecule has 0 bridgehead atoms. The van der Waals surface area contributed by atoms with E-state index in [0.717, 1.165) is 0 Å². The summed E-state index contributed by atoms with van der Waals surface area (Å²) in [5, 5.41) is 3.28. The van der Waals surface area contributed by atoms with Gasteiger partial charge in [0.2, 0.25) is 21.5 Å². The summed E-state index contributed by atoms with van der Waals surface area (Å²) < 4.78 is 32.5. The van der Waals surface area contributed by atoms with E-state index in [1.165, 1.54) is 31.4 Å². The first kappa shape index (κ1) is 19.6. The van der Waals surface area contributed by atoms with Gasteiger partial charge in [0.15, 0.2) is 0 Å². The lowest BCUT2D eigenvalue weighted by Crippen LogP contribution is -2.28. The Balaban J connectivity index is 1.62. The van der Waals surface area contributed by atoms with Gasteiger partial charge in [0, 0.05) is 24.5 Å². The van der Waals surface area contributed by atoms with Crippen LogP contribution in [-0.4, -0.2) is 33.0 Å². The third-order valence-corrected chi connectivity index (χ3v) is 5.49. The van der Waals surface area contributed by atoms with Crippen molar-refractivity contribution >= 4 is 32.5 Å². The Morgan fingerprint density at radius 1 is 1.11 bits per heavy atom. The average molecular weight is 401 g/mol. The fourth-order valence-corrected chi connectivity index (χ4v) is 3.71. The molecule has 0 spiro atoms. The number of hydrogen-bond donors (Lipinski definition) is 3. The van der Waals surface area contributed by atoms with E-state index < -0.39 is 10.0 Å². The standard InChI is InChI=1S/C19H19N3O5S/c1-27-17-5-3-2-4-16(17)22-19(24)10-11-20-28(25,26)14-7-8-15-13(12-14)6-9-18(23)21-15/h2-9,12,20H,10-11H2,1H3,(H,21,23)(H,22,24). The number of para-hydroxylation sites is 2. The van der Waals surface area contributed by atoms with Crippen LogP contribution < -0.4 is 20.3 Å². The lowest BCUT2D eigenvalue weighted by molar-refractivity contribution is -0.116. The first-order valence-corrected chi connectivity index (χ1v) is 9.93. The van der Waals surface area contributed by atoms with Gasteiger partial charge in [0.05, 0.1) is 17.7 Å². The SMILES string of the molecule is COc1ccccc1NC(=O)CCNS(=O)(=O)c1ccc2[nH]c(=O)ccc2c1. The molecule has 1 amide bonds. The molecule has 28 heavy (non-hydrogen) atoms. The molecule has 0 atom stereocenters. The van der Waals surface area contributed by atoms with Crippen LogP contribution in [0.4, 0.5) is 5.69 Å². The smallest absolute Gasteiger partial charge is 0.248 e. The van der Waals surface area contributed by atoms with Gasteiger partial charge in [0.25, 0.3) is 0 Å². The van der Waals surface area contributed by atoms with Crippen LogP contribution in [0.2, 0.25) is 0 Å². The molecule has 9 heteroatoms. The summed E-state index contributed by atoms with van der Waals surface area (Å²) in [6.45, 7) is -0.0625. The fraction of sp³-hybridized carbons (Fsp3) is 0.158. The fourth-order valence-electron chi connectivity index (χ4n) is 2.64. The number of hydrogen-bond acceptors (Lipinski definition) is 5. The second-order valence-corrected chi connectivity index (χ2v) is 7.73. The number of fused-ring (bicyclic) bond motifs is 1. The molecule has 3 N–H and O–H groups in total. The highest BCUT2D eigenvalue weighted by atomic mass is 32.2. The molecule has 0 saturated heterocycles. The predicted octanol–water partition coefficient (Wildman–Crippen LogP) is 1.84. The quantitative estimate of drug-likeness (QED) is 0.558. The topological polar surface area (TPSA) is 117 Å². The van der Waals surface area contributed by atoms with Gasteiger partial charge < -0.3 is 15.0 Å². The van der Waals surface area contributed by atoms with Gasteiger partial charge in [-0.25, -0.2) is 13.1 Å². The number of aromatic nitrogens is 1. The molecule has 8 nitrogen and oxygen atoms in total. The van der Waals surface area contributed by atoms with Gasteiger partial charge in [-0.05, 0) is 41.8 Å². The minimum Gasteiger partial charge on any atom is -0.495 e. The lowest BCUT2D eigenvalue weighted by Gasteiger charge is -2.10. The van der Waals surface area contributed by atoms with Crippen molar-refractivity contribution in [3.8, 4) is 5.75 Å². The number of sulfonamides is 1. The monoisotopic (exact) mass is 401 g/mol. The Morgan fingerprint density at radius 2 is 1.89 bits per heavy atom. The van der Waals surface area contributed by atoms with E-state index in [1.54, 1.807) is 30.3 Å². The van der Waals surface area contributed by atoms with Crippen molar-refractivity contribution in [1.29, 1.82) is 0 Å².